The first kappa shape index (κ1) is 41.1. The number of pyridine rings is 1. The Hall–Kier alpha value is -4.07. The van der Waals surface area contributed by atoms with Gasteiger partial charge in [0.25, 0.3) is 0 Å². The normalized spacial score (nSPS) is 9.79. The van der Waals surface area contributed by atoms with E-state index in [1.807, 2.05) is 13.8 Å². The monoisotopic (exact) mass is 615 g/mol. The van der Waals surface area contributed by atoms with Gasteiger partial charge < -0.3 is 15.4 Å². The minimum Gasteiger partial charge on any atom is -0.494 e. The van der Waals surface area contributed by atoms with Crippen molar-refractivity contribution in [1.29, 1.82) is 0 Å². The first-order chi connectivity index (χ1) is 20.5. The van der Waals surface area contributed by atoms with Crippen LogP contribution in [0.3, 0.4) is 0 Å². The van der Waals surface area contributed by atoms with Crippen molar-refractivity contribution in [3.63, 3.8) is 0 Å². The molecule has 8 nitrogen and oxygen atoms in total. The van der Waals surface area contributed by atoms with Crippen LogP contribution in [-0.2, 0) is 22.4 Å². The van der Waals surface area contributed by atoms with E-state index in [1.165, 1.54) is 43.3 Å². The number of allylic oxidation sites excluding steroid dienone is 1. The molecule has 0 aliphatic rings. The number of nitrogens with one attached hydrogen (secondary N) is 1. The SMILES string of the molecule is C=C.C=C(C)N(NOC)c1ccc(OC)c2nc(C(F)(F)F)ccc12.CC.CCN(C=O)Cc1cc(F)ccc1F.CN. The number of halogens is 5. The van der Waals surface area contributed by atoms with Crippen molar-refractivity contribution in [3.8, 4) is 5.75 Å². The van der Waals surface area contributed by atoms with Gasteiger partial charge in [0, 0.05) is 29.7 Å². The number of hydrogen-bond donors (Lipinski definition) is 2. The summed E-state index contributed by atoms with van der Waals surface area (Å²) in [5.74, 6) is -0.746. The molecule has 13 heteroatoms. The number of hydrogen-bond acceptors (Lipinski definition) is 7. The summed E-state index contributed by atoms with van der Waals surface area (Å²) in [6.07, 6.45) is -3.92. The highest BCUT2D eigenvalue weighted by Crippen LogP contribution is 2.36. The van der Waals surface area contributed by atoms with Gasteiger partial charge in [0.15, 0.2) is 0 Å². The zero-order chi connectivity index (χ0) is 33.8. The zero-order valence-electron chi connectivity index (χ0n) is 25.7. The highest BCUT2D eigenvalue weighted by Gasteiger charge is 2.33. The molecular formula is C30H42F5N5O3. The molecule has 2 aromatic carbocycles. The molecule has 1 amide bonds. The van der Waals surface area contributed by atoms with Gasteiger partial charge >= 0.3 is 6.18 Å². The number of methoxy groups -OCH3 is 1. The molecule has 43 heavy (non-hydrogen) atoms. The van der Waals surface area contributed by atoms with Crippen LogP contribution in [0.25, 0.3) is 10.9 Å². The van der Waals surface area contributed by atoms with E-state index in [1.54, 1.807) is 19.9 Å². The highest BCUT2D eigenvalue weighted by atomic mass is 19.4. The number of hydrazine groups is 1. The van der Waals surface area contributed by atoms with Crippen molar-refractivity contribution < 1.29 is 36.3 Å². The van der Waals surface area contributed by atoms with Crippen LogP contribution < -0.4 is 21.1 Å². The van der Waals surface area contributed by atoms with Crippen molar-refractivity contribution in [2.24, 2.45) is 5.73 Å². The number of amides is 1. The third-order valence-electron chi connectivity index (χ3n) is 5.05. The van der Waals surface area contributed by atoms with Crippen LogP contribution in [-0.4, -0.2) is 44.1 Å². The van der Waals surface area contributed by atoms with Crippen LogP contribution >= 0.6 is 0 Å². The maximum Gasteiger partial charge on any atom is 0.433 e. The molecular weight excluding hydrogens is 573 g/mol. The van der Waals surface area contributed by atoms with Crippen LogP contribution in [0.5, 0.6) is 5.75 Å². The Morgan fingerprint density at radius 3 is 2.14 bits per heavy atom. The quantitative estimate of drug-likeness (QED) is 0.116. The molecule has 240 valence electrons. The van der Waals surface area contributed by atoms with E-state index in [0.717, 1.165) is 24.3 Å². The summed E-state index contributed by atoms with van der Waals surface area (Å²) >= 11 is 0. The van der Waals surface area contributed by atoms with Gasteiger partial charge in [0.05, 0.1) is 19.9 Å². The molecule has 1 heterocycles. The predicted molar refractivity (Wildman–Crippen MR) is 162 cm³/mol. The summed E-state index contributed by atoms with van der Waals surface area (Å²) in [6, 6.07) is 8.70. The second-order valence-electron chi connectivity index (χ2n) is 7.65. The minimum atomic E-state index is -4.53. The third kappa shape index (κ3) is 12.8. The molecule has 0 radical (unpaired) electrons. The number of ether oxygens (including phenoxy) is 1. The van der Waals surface area contributed by atoms with E-state index in [9.17, 15) is 26.7 Å². The van der Waals surface area contributed by atoms with E-state index < -0.39 is 23.5 Å². The number of fused-ring (bicyclic) bond motifs is 1. The molecule has 0 fully saturated rings. The van der Waals surface area contributed by atoms with E-state index in [2.05, 4.69) is 36.0 Å². The largest absolute Gasteiger partial charge is 0.494 e. The summed E-state index contributed by atoms with van der Waals surface area (Å²) in [7, 11) is 4.29. The lowest BCUT2D eigenvalue weighted by Gasteiger charge is -2.25. The third-order valence-corrected chi connectivity index (χ3v) is 5.05. The number of aromatic nitrogens is 1. The lowest BCUT2D eigenvalue weighted by molar-refractivity contribution is -0.141. The molecule has 0 saturated carbocycles. The number of benzene rings is 2. The van der Waals surface area contributed by atoms with Crippen molar-refractivity contribution in [2.75, 3.05) is 32.8 Å². The fraction of sp³-hybridized carbons (Fsp3) is 0.333. The average Bonchev–Trinajstić information content (AvgIpc) is 3.02. The van der Waals surface area contributed by atoms with E-state index >= 15 is 0 Å². The number of anilines is 1. The fourth-order valence-corrected chi connectivity index (χ4v) is 3.23. The number of nitrogens with zero attached hydrogens (tertiary/aromatic N) is 3. The van der Waals surface area contributed by atoms with Gasteiger partial charge in [-0.25, -0.2) is 13.8 Å². The Morgan fingerprint density at radius 2 is 1.67 bits per heavy atom. The molecule has 0 unspecified atom stereocenters. The van der Waals surface area contributed by atoms with Gasteiger partial charge in [-0.15, -0.1) is 18.7 Å². The van der Waals surface area contributed by atoms with Crippen molar-refractivity contribution in [2.45, 2.75) is 40.4 Å². The van der Waals surface area contributed by atoms with Gasteiger partial charge in [-0.2, -0.15) is 13.2 Å². The lowest BCUT2D eigenvalue weighted by atomic mass is 10.1. The van der Waals surface area contributed by atoms with Crippen LogP contribution in [0.4, 0.5) is 27.6 Å². The van der Waals surface area contributed by atoms with Gasteiger partial charge in [0.2, 0.25) is 6.41 Å². The first-order valence-electron chi connectivity index (χ1n) is 13.0. The lowest BCUT2D eigenvalue weighted by Crippen LogP contribution is -2.35. The number of alkyl halides is 3. The van der Waals surface area contributed by atoms with Crippen molar-refractivity contribution in [3.05, 3.63) is 90.8 Å². The predicted octanol–water partition coefficient (Wildman–Crippen LogP) is 7.01. The summed E-state index contributed by atoms with van der Waals surface area (Å²) < 4.78 is 69.7. The van der Waals surface area contributed by atoms with Gasteiger partial charge in [-0.3, -0.25) is 14.6 Å². The Labute approximate surface area is 250 Å². The van der Waals surface area contributed by atoms with Crippen LogP contribution in [0.1, 0.15) is 39.0 Å². The zero-order valence-corrected chi connectivity index (χ0v) is 25.7. The van der Waals surface area contributed by atoms with Crippen molar-refractivity contribution in [1.82, 2.24) is 15.5 Å². The Kier molecular flexibility index (Phi) is 20.6. The van der Waals surface area contributed by atoms with Crippen LogP contribution in [0.15, 0.2) is 67.9 Å². The van der Waals surface area contributed by atoms with Gasteiger partial charge in [0.1, 0.15) is 28.6 Å². The summed E-state index contributed by atoms with van der Waals surface area (Å²) in [6.45, 7) is 17.9. The molecule has 0 saturated heterocycles. The number of nitrogens with two attached hydrogens (primary N) is 1. The first-order valence-corrected chi connectivity index (χ1v) is 13.0. The number of carbonyl (C=O) groups is 1. The van der Waals surface area contributed by atoms with E-state index in [0.29, 0.717) is 29.7 Å². The second-order valence-corrected chi connectivity index (χ2v) is 7.65. The van der Waals surface area contributed by atoms with Crippen LogP contribution in [0.2, 0.25) is 0 Å². The van der Waals surface area contributed by atoms with Crippen molar-refractivity contribution >= 4 is 23.0 Å². The number of carbonyl (C=O) groups excluding carboxylic acids is 1. The van der Waals surface area contributed by atoms with Gasteiger partial charge in [-0.05, 0) is 63.4 Å². The molecule has 1 aromatic heterocycles. The molecule has 0 bridgehead atoms. The van der Waals surface area contributed by atoms with Crippen LogP contribution in [0, 0.1) is 11.6 Å². The Morgan fingerprint density at radius 1 is 1.07 bits per heavy atom. The molecule has 0 aliphatic heterocycles. The standard InChI is InChI=1S/C15H16F3N3O2.C10H11F2NO.C2H6.C2H4.CH5N/c1-9(2)21(20-23-4)11-6-7-12(22-3)14-10(11)5-8-13(19-14)15(16,17)18;1-2-13(7-14)6-8-5-9(11)3-4-10(8)12;3*1-2/h5-8,20H,1H2,2-4H3;3-5,7H,2,6H2,1H3;1-2H3;1-2H2;2H2,1H3. The fourth-order valence-electron chi connectivity index (χ4n) is 3.23. The highest BCUT2D eigenvalue weighted by molar-refractivity contribution is 5.96. The maximum absolute atomic E-state index is 13.1. The topological polar surface area (TPSA) is 93.0 Å². The molecule has 3 N–H and O–H groups in total. The molecule has 0 spiro atoms. The maximum atomic E-state index is 13.1. The number of rotatable bonds is 9. The van der Waals surface area contributed by atoms with E-state index in [-0.39, 0.29) is 23.4 Å². The molecule has 0 atom stereocenters. The molecule has 3 aromatic rings. The second kappa shape index (κ2) is 21.6. The average molecular weight is 616 g/mol. The minimum absolute atomic E-state index is 0.101. The summed E-state index contributed by atoms with van der Waals surface area (Å²) in [4.78, 5) is 20.4. The smallest absolute Gasteiger partial charge is 0.433 e. The molecule has 3 rings (SSSR count). The Balaban J connectivity index is 0. The Bertz CT molecular complexity index is 1260. The molecule has 0 aliphatic carbocycles. The van der Waals surface area contributed by atoms with Gasteiger partial charge in [-0.1, -0.05) is 20.4 Å². The van der Waals surface area contributed by atoms with E-state index in [4.69, 9.17) is 9.57 Å². The summed E-state index contributed by atoms with van der Waals surface area (Å²) in [5.41, 5.74) is 7.55. The summed E-state index contributed by atoms with van der Waals surface area (Å²) in [5, 5.41) is 1.96.